The Morgan fingerprint density at radius 3 is 2.52 bits per heavy atom. The molecular formula is C15H24FN5. The summed E-state index contributed by atoms with van der Waals surface area (Å²) in [6.45, 7) is 5.81. The topological polar surface area (TPSA) is 59.6 Å². The van der Waals surface area contributed by atoms with Gasteiger partial charge in [0, 0.05) is 50.5 Å². The second-order valence-corrected chi connectivity index (χ2v) is 5.71. The molecule has 0 saturated carbocycles. The lowest BCUT2D eigenvalue weighted by atomic mass is 10.1. The molecule has 2 rings (SSSR count). The van der Waals surface area contributed by atoms with Crippen molar-refractivity contribution in [2.45, 2.75) is 0 Å². The average molecular weight is 293 g/mol. The summed E-state index contributed by atoms with van der Waals surface area (Å²) in [4.78, 5) is 6.79. The first kappa shape index (κ1) is 15.7. The van der Waals surface area contributed by atoms with Crippen molar-refractivity contribution in [3.05, 3.63) is 29.6 Å². The summed E-state index contributed by atoms with van der Waals surface area (Å²) in [6.07, 6.45) is 0. The van der Waals surface area contributed by atoms with Gasteiger partial charge in [0.1, 0.15) is 11.7 Å². The molecule has 1 saturated heterocycles. The van der Waals surface area contributed by atoms with E-state index < -0.39 is 0 Å². The Bertz CT molecular complexity index is 495. The van der Waals surface area contributed by atoms with Crippen LogP contribution in [-0.2, 0) is 0 Å². The van der Waals surface area contributed by atoms with Crippen molar-refractivity contribution in [1.82, 2.24) is 9.80 Å². The molecule has 1 aromatic rings. The van der Waals surface area contributed by atoms with Gasteiger partial charge in [0.15, 0.2) is 0 Å². The summed E-state index contributed by atoms with van der Waals surface area (Å²) in [7, 11) is 4.15. The van der Waals surface area contributed by atoms with Gasteiger partial charge >= 0.3 is 0 Å². The molecule has 116 valence electrons. The molecule has 1 aromatic carbocycles. The van der Waals surface area contributed by atoms with Crippen molar-refractivity contribution in [2.24, 2.45) is 5.73 Å². The fraction of sp³-hybridized carbons (Fsp3) is 0.533. The van der Waals surface area contributed by atoms with Crippen molar-refractivity contribution in [1.29, 1.82) is 5.41 Å². The molecule has 1 aliphatic heterocycles. The van der Waals surface area contributed by atoms with Gasteiger partial charge in [-0.05, 0) is 32.3 Å². The van der Waals surface area contributed by atoms with Crippen molar-refractivity contribution in [3.63, 3.8) is 0 Å². The van der Waals surface area contributed by atoms with Crippen molar-refractivity contribution in [2.75, 3.05) is 58.3 Å². The molecule has 1 fully saturated rings. The Kier molecular flexibility index (Phi) is 5.14. The van der Waals surface area contributed by atoms with Crippen LogP contribution in [0.15, 0.2) is 18.2 Å². The standard InChI is InChI=1S/C15H24FN5/c1-19(2)5-6-20-7-9-21(10-8-20)14-4-3-12(16)11-13(14)15(17)18/h3-4,11H,5-10H2,1-2H3,(H3,17,18). The third-order valence-electron chi connectivity index (χ3n) is 3.83. The highest BCUT2D eigenvalue weighted by Crippen LogP contribution is 2.22. The number of likely N-dealkylation sites (N-methyl/N-ethyl adjacent to an activating group) is 1. The summed E-state index contributed by atoms with van der Waals surface area (Å²) >= 11 is 0. The first-order valence-corrected chi connectivity index (χ1v) is 7.23. The third-order valence-corrected chi connectivity index (χ3v) is 3.83. The normalized spacial score (nSPS) is 16.5. The maximum absolute atomic E-state index is 13.3. The first-order valence-electron chi connectivity index (χ1n) is 7.23. The van der Waals surface area contributed by atoms with E-state index in [9.17, 15) is 4.39 Å². The van der Waals surface area contributed by atoms with Gasteiger partial charge in [-0.15, -0.1) is 0 Å². The lowest BCUT2D eigenvalue weighted by Crippen LogP contribution is -2.48. The van der Waals surface area contributed by atoms with Crippen molar-refractivity contribution in [3.8, 4) is 0 Å². The number of nitrogens with one attached hydrogen (secondary N) is 1. The Balaban J connectivity index is 2.01. The lowest BCUT2D eigenvalue weighted by molar-refractivity contribution is 0.229. The first-order chi connectivity index (χ1) is 9.97. The van der Waals surface area contributed by atoms with Crippen LogP contribution in [0.4, 0.5) is 10.1 Å². The minimum Gasteiger partial charge on any atom is -0.384 e. The SMILES string of the molecule is CN(C)CCN1CCN(c2ccc(F)cc2C(=N)N)CC1. The zero-order valence-electron chi connectivity index (χ0n) is 12.8. The van der Waals surface area contributed by atoms with Gasteiger partial charge in [-0.25, -0.2) is 4.39 Å². The fourth-order valence-electron chi connectivity index (χ4n) is 2.55. The van der Waals surface area contributed by atoms with Gasteiger partial charge in [0.2, 0.25) is 0 Å². The van der Waals surface area contributed by atoms with E-state index in [0.717, 1.165) is 45.0 Å². The Morgan fingerprint density at radius 1 is 1.29 bits per heavy atom. The molecule has 1 heterocycles. The average Bonchev–Trinajstić information content (AvgIpc) is 2.45. The molecule has 5 nitrogen and oxygen atoms in total. The number of benzene rings is 1. The minimum absolute atomic E-state index is 0.0838. The molecule has 0 bridgehead atoms. The summed E-state index contributed by atoms with van der Waals surface area (Å²) in [5.74, 6) is -0.437. The molecule has 0 radical (unpaired) electrons. The third kappa shape index (κ3) is 4.15. The maximum atomic E-state index is 13.3. The highest BCUT2D eigenvalue weighted by atomic mass is 19.1. The quantitative estimate of drug-likeness (QED) is 0.622. The zero-order chi connectivity index (χ0) is 15.4. The van der Waals surface area contributed by atoms with Crippen LogP contribution in [0.2, 0.25) is 0 Å². The zero-order valence-corrected chi connectivity index (χ0v) is 12.8. The van der Waals surface area contributed by atoms with E-state index in [1.54, 1.807) is 6.07 Å². The molecule has 6 heteroatoms. The van der Waals surface area contributed by atoms with Gasteiger partial charge in [-0.2, -0.15) is 0 Å². The number of rotatable bonds is 5. The molecule has 0 spiro atoms. The highest BCUT2D eigenvalue weighted by molar-refractivity contribution is 6.00. The van der Waals surface area contributed by atoms with Gasteiger partial charge in [0.25, 0.3) is 0 Å². The number of hydrogen-bond acceptors (Lipinski definition) is 4. The molecule has 0 amide bonds. The van der Waals surface area contributed by atoms with Crippen LogP contribution in [0.5, 0.6) is 0 Å². The molecular weight excluding hydrogens is 269 g/mol. The smallest absolute Gasteiger partial charge is 0.125 e. The number of nitrogens with two attached hydrogens (primary N) is 1. The van der Waals surface area contributed by atoms with Gasteiger partial charge in [0.05, 0.1) is 0 Å². The second kappa shape index (κ2) is 6.87. The maximum Gasteiger partial charge on any atom is 0.125 e. The molecule has 0 aliphatic carbocycles. The van der Waals surface area contributed by atoms with Crippen LogP contribution >= 0.6 is 0 Å². The van der Waals surface area contributed by atoms with Gasteiger partial charge in [-0.3, -0.25) is 10.3 Å². The van der Waals surface area contributed by atoms with Crippen LogP contribution in [0.1, 0.15) is 5.56 Å². The van der Waals surface area contributed by atoms with E-state index in [1.807, 2.05) is 0 Å². The molecule has 0 aromatic heterocycles. The van der Waals surface area contributed by atoms with Gasteiger partial charge < -0.3 is 15.5 Å². The second-order valence-electron chi connectivity index (χ2n) is 5.71. The highest BCUT2D eigenvalue weighted by Gasteiger charge is 2.20. The van der Waals surface area contributed by atoms with Crippen molar-refractivity contribution >= 4 is 11.5 Å². The number of halogens is 1. The van der Waals surface area contributed by atoms with E-state index in [4.69, 9.17) is 11.1 Å². The molecule has 0 unspecified atom stereocenters. The monoisotopic (exact) mass is 293 g/mol. The van der Waals surface area contributed by atoms with E-state index in [-0.39, 0.29) is 11.7 Å². The van der Waals surface area contributed by atoms with Crippen LogP contribution < -0.4 is 10.6 Å². The number of piperazine rings is 1. The van der Waals surface area contributed by atoms with Crippen LogP contribution in [-0.4, -0.2) is 69.0 Å². The van der Waals surface area contributed by atoms with E-state index in [1.165, 1.54) is 12.1 Å². The van der Waals surface area contributed by atoms with Crippen LogP contribution in [0.3, 0.4) is 0 Å². The summed E-state index contributed by atoms with van der Waals surface area (Å²) in [5.41, 5.74) is 6.91. The summed E-state index contributed by atoms with van der Waals surface area (Å²) in [5, 5.41) is 7.61. The van der Waals surface area contributed by atoms with Crippen molar-refractivity contribution < 1.29 is 4.39 Å². The molecule has 1 aliphatic rings. The molecule has 21 heavy (non-hydrogen) atoms. The Morgan fingerprint density at radius 2 is 1.95 bits per heavy atom. The number of nitrogens with zero attached hydrogens (tertiary/aromatic N) is 3. The van der Waals surface area contributed by atoms with E-state index >= 15 is 0 Å². The predicted molar refractivity (Wildman–Crippen MR) is 84.6 cm³/mol. The van der Waals surface area contributed by atoms with Gasteiger partial charge in [-0.1, -0.05) is 0 Å². The largest absolute Gasteiger partial charge is 0.384 e. The number of hydrogen-bond donors (Lipinski definition) is 2. The summed E-state index contributed by atoms with van der Waals surface area (Å²) in [6, 6.07) is 4.50. The lowest BCUT2D eigenvalue weighted by Gasteiger charge is -2.37. The molecule has 0 atom stereocenters. The van der Waals surface area contributed by atoms with Crippen LogP contribution in [0.25, 0.3) is 0 Å². The van der Waals surface area contributed by atoms with Crippen LogP contribution in [0, 0.1) is 11.2 Å². The Labute approximate surface area is 125 Å². The summed E-state index contributed by atoms with van der Waals surface area (Å²) < 4.78 is 13.3. The number of nitrogen functional groups attached to an aromatic ring is 1. The Hall–Kier alpha value is -1.66. The number of amidine groups is 1. The minimum atomic E-state index is -0.353. The van der Waals surface area contributed by atoms with E-state index in [2.05, 4.69) is 28.8 Å². The predicted octanol–water partition coefficient (Wildman–Crippen LogP) is 0.793. The van der Waals surface area contributed by atoms with E-state index in [0.29, 0.717) is 5.56 Å². The molecule has 3 N–H and O–H groups in total. The number of anilines is 1. The fourth-order valence-corrected chi connectivity index (χ4v) is 2.55.